The van der Waals surface area contributed by atoms with Crippen molar-refractivity contribution in [3.05, 3.63) is 29.6 Å². The Labute approximate surface area is 90.6 Å². The molecule has 2 heterocycles. The monoisotopic (exact) mass is 203 g/mol. The maximum Gasteiger partial charge on any atom is 0.0960 e. The Balaban J connectivity index is 2.01. The van der Waals surface area contributed by atoms with Crippen molar-refractivity contribution in [2.75, 3.05) is 6.54 Å². The van der Waals surface area contributed by atoms with Crippen LogP contribution in [0.15, 0.2) is 18.3 Å². The minimum absolute atomic E-state index is 0.779. The summed E-state index contributed by atoms with van der Waals surface area (Å²) in [5.41, 5.74) is 2.25. The predicted molar refractivity (Wildman–Crippen MR) is 61.0 cm³/mol. The molecule has 3 heteroatoms. The summed E-state index contributed by atoms with van der Waals surface area (Å²) in [6.45, 7) is 3.85. The van der Waals surface area contributed by atoms with Crippen LogP contribution in [0.4, 0.5) is 0 Å². The molecule has 0 radical (unpaired) electrons. The van der Waals surface area contributed by atoms with Crippen LogP contribution in [0.3, 0.4) is 0 Å². The Morgan fingerprint density at radius 2 is 2.27 bits per heavy atom. The predicted octanol–water partition coefficient (Wildman–Crippen LogP) is 2.35. The smallest absolute Gasteiger partial charge is 0.0960 e. The normalized spacial score (nSPS) is 16.9. The third-order valence-electron chi connectivity index (χ3n) is 2.82. The van der Waals surface area contributed by atoms with E-state index in [-0.39, 0.29) is 0 Å². The standard InChI is InChI=1S/C12H17N3/c1-10-5-6-11(8-14-10)9-15-7-3-2-4-12(15)13/h5-6,8,13H,2-4,7,9H2,1H3. The maximum atomic E-state index is 7.84. The van der Waals surface area contributed by atoms with Crippen molar-refractivity contribution >= 4 is 5.84 Å². The van der Waals surface area contributed by atoms with Crippen molar-refractivity contribution in [1.82, 2.24) is 9.88 Å². The van der Waals surface area contributed by atoms with Gasteiger partial charge in [0.25, 0.3) is 0 Å². The summed E-state index contributed by atoms with van der Waals surface area (Å²) >= 11 is 0. The van der Waals surface area contributed by atoms with Crippen LogP contribution in [0.25, 0.3) is 0 Å². The molecular formula is C12H17N3. The molecule has 0 spiro atoms. The van der Waals surface area contributed by atoms with Crippen molar-refractivity contribution in [3.8, 4) is 0 Å². The number of nitrogens with one attached hydrogen (secondary N) is 1. The summed E-state index contributed by atoms with van der Waals surface area (Å²) in [6.07, 6.45) is 5.22. The van der Waals surface area contributed by atoms with Gasteiger partial charge < -0.3 is 4.90 Å². The summed E-state index contributed by atoms with van der Waals surface area (Å²) in [5.74, 6) is 0.779. The number of rotatable bonds is 2. The van der Waals surface area contributed by atoms with Crippen LogP contribution < -0.4 is 0 Å². The first-order chi connectivity index (χ1) is 7.25. The highest BCUT2D eigenvalue weighted by molar-refractivity contribution is 5.79. The molecule has 0 aromatic carbocycles. The van der Waals surface area contributed by atoms with Crippen LogP contribution >= 0.6 is 0 Å². The lowest BCUT2D eigenvalue weighted by Crippen LogP contribution is -2.34. The summed E-state index contributed by atoms with van der Waals surface area (Å²) in [4.78, 5) is 6.42. The molecule has 1 saturated heterocycles. The third kappa shape index (κ3) is 2.55. The Hall–Kier alpha value is -1.38. The average molecular weight is 203 g/mol. The Morgan fingerprint density at radius 3 is 2.93 bits per heavy atom. The van der Waals surface area contributed by atoms with Gasteiger partial charge >= 0.3 is 0 Å². The fraction of sp³-hybridized carbons (Fsp3) is 0.500. The van der Waals surface area contributed by atoms with Crippen LogP contribution in [-0.4, -0.2) is 22.3 Å². The van der Waals surface area contributed by atoms with Gasteiger partial charge in [-0.2, -0.15) is 0 Å². The van der Waals surface area contributed by atoms with Gasteiger partial charge in [0.1, 0.15) is 0 Å². The summed E-state index contributed by atoms with van der Waals surface area (Å²) in [6, 6.07) is 4.13. The summed E-state index contributed by atoms with van der Waals surface area (Å²) < 4.78 is 0. The van der Waals surface area contributed by atoms with Crippen molar-refractivity contribution in [1.29, 1.82) is 5.41 Å². The number of nitrogens with zero attached hydrogens (tertiary/aromatic N) is 2. The lowest BCUT2D eigenvalue weighted by Gasteiger charge is -2.29. The van der Waals surface area contributed by atoms with E-state index in [4.69, 9.17) is 5.41 Å². The molecule has 15 heavy (non-hydrogen) atoms. The van der Waals surface area contributed by atoms with Gasteiger partial charge in [0.15, 0.2) is 0 Å². The van der Waals surface area contributed by atoms with Crippen LogP contribution in [-0.2, 0) is 6.54 Å². The lowest BCUT2D eigenvalue weighted by molar-refractivity contribution is 0.361. The second-order valence-corrected chi connectivity index (χ2v) is 4.13. The van der Waals surface area contributed by atoms with E-state index in [2.05, 4.69) is 16.0 Å². The van der Waals surface area contributed by atoms with Gasteiger partial charge in [-0.25, -0.2) is 0 Å². The number of piperidine rings is 1. The fourth-order valence-electron chi connectivity index (χ4n) is 1.88. The molecule has 2 rings (SSSR count). The van der Waals surface area contributed by atoms with Gasteiger partial charge in [-0.15, -0.1) is 0 Å². The molecule has 0 atom stereocenters. The zero-order valence-corrected chi connectivity index (χ0v) is 9.16. The van der Waals surface area contributed by atoms with Crippen LogP contribution in [0.2, 0.25) is 0 Å². The Bertz CT molecular complexity index is 342. The minimum atomic E-state index is 0.779. The first-order valence-electron chi connectivity index (χ1n) is 5.49. The van der Waals surface area contributed by atoms with E-state index >= 15 is 0 Å². The van der Waals surface area contributed by atoms with E-state index in [1.807, 2.05) is 19.2 Å². The number of likely N-dealkylation sites (tertiary alicyclic amines) is 1. The molecule has 1 aliphatic rings. The highest BCUT2D eigenvalue weighted by atomic mass is 15.2. The number of aryl methyl sites for hydroxylation is 1. The molecule has 0 unspecified atom stereocenters. The zero-order chi connectivity index (χ0) is 10.7. The summed E-state index contributed by atoms with van der Waals surface area (Å²) in [5, 5.41) is 7.84. The molecule has 0 amide bonds. The summed E-state index contributed by atoms with van der Waals surface area (Å²) in [7, 11) is 0. The maximum absolute atomic E-state index is 7.84. The number of pyridine rings is 1. The van der Waals surface area contributed by atoms with Gasteiger partial charge in [0, 0.05) is 31.4 Å². The van der Waals surface area contributed by atoms with E-state index in [0.717, 1.165) is 31.0 Å². The third-order valence-corrected chi connectivity index (χ3v) is 2.82. The Morgan fingerprint density at radius 1 is 1.40 bits per heavy atom. The Kier molecular flexibility index (Phi) is 2.99. The number of hydrogen-bond donors (Lipinski definition) is 1. The topological polar surface area (TPSA) is 40.0 Å². The van der Waals surface area contributed by atoms with Gasteiger partial charge in [0.2, 0.25) is 0 Å². The first-order valence-corrected chi connectivity index (χ1v) is 5.49. The van der Waals surface area contributed by atoms with Crippen molar-refractivity contribution in [2.45, 2.75) is 32.7 Å². The van der Waals surface area contributed by atoms with Crippen molar-refractivity contribution in [2.24, 2.45) is 0 Å². The van der Waals surface area contributed by atoms with Crippen molar-refractivity contribution < 1.29 is 0 Å². The molecule has 0 saturated carbocycles. The van der Waals surface area contributed by atoms with E-state index in [9.17, 15) is 0 Å². The highest BCUT2D eigenvalue weighted by Crippen LogP contribution is 2.14. The molecule has 3 nitrogen and oxygen atoms in total. The quantitative estimate of drug-likeness (QED) is 0.801. The SMILES string of the molecule is Cc1ccc(CN2CCCCC2=N)cn1. The molecular weight excluding hydrogens is 186 g/mol. The molecule has 1 N–H and O–H groups in total. The van der Waals surface area contributed by atoms with Gasteiger partial charge in [-0.3, -0.25) is 10.4 Å². The fourth-order valence-corrected chi connectivity index (χ4v) is 1.88. The second kappa shape index (κ2) is 4.43. The molecule has 80 valence electrons. The van der Waals surface area contributed by atoms with E-state index in [1.165, 1.54) is 18.4 Å². The van der Waals surface area contributed by atoms with Crippen molar-refractivity contribution in [3.63, 3.8) is 0 Å². The molecule has 0 bridgehead atoms. The highest BCUT2D eigenvalue weighted by Gasteiger charge is 2.14. The second-order valence-electron chi connectivity index (χ2n) is 4.13. The molecule has 1 fully saturated rings. The molecule has 0 aliphatic carbocycles. The molecule has 1 aliphatic heterocycles. The first kappa shape index (κ1) is 10.1. The number of amidine groups is 1. The van der Waals surface area contributed by atoms with Crippen LogP contribution in [0.1, 0.15) is 30.5 Å². The molecule has 1 aromatic rings. The van der Waals surface area contributed by atoms with Crippen LogP contribution in [0, 0.1) is 12.3 Å². The van der Waals surface area contributed by atoms with E-state index in [0.29, 0.717) is 0 Å². The number of hydrogen-bond acceptors (Lipinski definition) is 2. The van der Waals surface area contributed by atoms with Gasteiger partial charge in [-0.1, -0.05) is 6.07 Å². The zero-order valence-electron chi connectivity index (χ0n) is 9.16. The van der Waals surface area contributed by atoms with Gasteiger partial charge in [0.05, 0.1) is 5.84 Å². The molecule has 1 aromatic heterocycles. The largest absolute Gasteiger partial charge is 0.356 e. The van der Waals surface area contributed by atoms with Crippen LogP contribution in [0.5, 0.6) is 0 Å². The minimum Gasteiger partial charge on any atom is -0.356 e. The average Bonchev–Trinajstić information content (AvgIpc) is 2.25. The number of aromatic nitrogens is 1. The van der Waals surface area contributed by atoms with Gasteiger partial charge in [-0.05, 0) is 31.4 Å². The lowest BCUT2D eigenvalue weighted by atomic mass is 10.1. The van der Waals surface area contributed by atoms with E-state index in [1.54, 1.807) is 0 Å². The van der Waals surface area contributed by atoms with E-state index < -0.39 is 0 Å².